The molecule has 0 amide bonds. The second kappa shape index (κ2) is 5.73. The summed E-state index contributed by atoms with van der Waals surface area (Å²) in [5, 5.41) is 9.37. The Labute approximate surface area is 115 Å². The van der Waals surface area contributed by atoms with Crippen LogP contribution < -0.4 is 0 Å². The third-order valence-corrected chi connectivity index (χ3v) is 4.27. The van der Waals surface area contributed by atoms with E-state index < -0.39 is 0 Å². The Hall–Kier alpha value is -1.37. The fraction of sp³-hybridized carbons (Fsp3) is 0.562. The molecule has 100 valence electrons. The standard InChI is InChI=1S/C16H21N3/c17-12-15(14-4-2-1-3-5-14)13-18-8-10-19(11-9-18)16-6-7-16/h1-5,15-16H,6-11,13H2. The first-order valence-electron chi connectivity index (χ1n) is 7.28. The molecule has 0 N–H and O–H groups in total. The van der Waals surface area contributed by atoms with Crippen molar-refractivity contribution in [3.8, 4) is 6.07 Å². The van der Waals surface area contributed by atoms with Gasteiger partial charge in [0.05, 0.1) is 12.0 Å². The molecule has 1 aliphatic heterocycles. The maximum atomic E-state index is 9.37. The summed E-state index contributed by atoms with van der Waals surface area (Å²) in [6.07, 6.45) is 2.79. The molecule has 0 spiro atoms. The zero-order chi connectivity index (χ0) is 13.1. The number of nitrogens with zero attached hydrogens (tertiary/aromatic N) is 3. The highest BCUT2D eigenvalue weighted by molar-refractivity contribution is 5.25. The molecule has 3 nitrogen and oxygen atoms in total. The predicted octanol–water partition coefficient (Wildman–Crippen LogP) is 2.07. The van der Waals surface area contributed by atoms with Gasteiger partial charge in [-0.2, -0.15) is 5.26 Å². The van der Waals surface area contributed by atoms with Crippen molar-refractivity contribution < 1.29 is 0 Å². The zero-order valence-electron chi connectivity index (χ0n) is 11.3. The highest BCUT2D eigenvalue weighted by Gasteiger charge is 2.31. The van der Waals surface area contributed by atoms with E-state index in [4.69, 9.17) is 0 Å². The monoisotopic (exact) mass is 255 g/mol. The van der Waals surface area contributed by atoms with Gasteiger partial charge in [0, 0.05) is 38.8 Å². The Bertz CT molecular complexity index is 439. The van der Waals surface area contributed by atoms with E-state index in [-0.39, 0.29) is 5.92 Å². The van der Waals surface area contributed by atoms with Gasteiger partial charge in [0.2, 0.25) is 0 Å². The number of rotatable bonds is 4. The highest BCUT2D eigenvalue weighted by Crippen LogP contribution is 2.27. The number of hydrogen-bond acceptors (Lipinski definition) is 3. The average Bonchev–Trinajstić information content (AvgIpc) is 3.31. The lowest BCUT2D eigenvalue weighted by Crippen LogP contribution is -2.48. The summed E-state index contributed by atoms with van der Waals surface area (Å²) in [6.45, 7) is 5.46. The van der Waals surface area contributed by atoms with E-state index in [1.165, 1.54) is 25.9 Å². The van der Waals surface area contributed by atoms with Crippen LogP contribution in [0, 0.1) is 11.3 Å². The molecule has 2 aliphatic rings. The molecule has 19 heavy (non-hydrogen) atoms. The molecule has 3 heteroatoms. The summed E-state index contributed by atoms with van der Waals surface area (Å²) in [7, 11) is 0. The summed E-state index contributed by atoms with van der Waals surface area (Å²) < 4.78 is 0. The average molecular weight is 255 g/mol. The van der Waals surface area contributed by atoms with Crippen molar-refractivity contribution in [2.75, 3.05) is 32.7 Å². The summed E-state index contributed by atoms with van der Waals surface area (Å²) in [4.78, 5) is 5.06. The van der Waals surface area contributed by atoms with Crippen molar-refractivity contribution in [2.24, 2.45) is 0 Å². The molecule has 1 heterocycles. The van der Waals surface area contributed by atoms with Gasteiger partial charge in [-0.15, -0.1) is 0 Å². The van der Waals surface area contributed by atoms with Gasteiger partial charge >= 0.3 is 0 Å². The third kappa shape index (κ3) is 3.15. The molecular formula is C16H21N3. The molecular weight excluding hydrogens is 234 g/mol. The molecule has 1 aromatic rings. The summed E-state index contributed by atoms with van der Waals surface area (Å²) in [6, 6.07) is 13.5. The van der Waals surface area contributed by atoms with Gasteiger partial charge in [0.1, 0.15) is 0 Å². The van der Waals surface area contributed by atoms with E-state index in [0.717, 1.165) is 31.2 Å². The first-order chi connectivity index (χ1) is 9.36. The van der Waals surface area contributed by atoms with Crippen molar-refractivity contribution in [1.82, 2.24) is 9.80 Å². The third-order valence-electron chi connectivity index (χ3n) is 4.27. The zero-order valence-corrected chi connectivity index (χ0v) is 11.3. The number of hydrogen-bond donors (Lipinski definition) is 0. The van der Waals surface area contributed by atoms with Crippen molar-refractivity contribution in [3.05, 3.63) is 35.9 Å². The fourth-order valence-electron chi connectivity index (χ4n) is 2.92. The Morgan fingerprint density at radius 1 is 1.11 bits per heavy atom. The van der Waals surface area contributed by atoms with Crippen molar-refractivity contribution in [3.63, 3.8) is 0 Å². The van der Waals surface area contributed by atoms with Crippen molar-refractivity contribution in [2.45, 2.75) is 24.8 Å². The topological polar surface area (TPSA) is 30.3 Å². The summed E-state index contributed by atoms with van der Waals surface area (Å²) in [5.41, 5.74) is 1.15. The van der Waals surface area contributed by atoms with Crippen LogP contribution in [-0.4, -0.2) is 48.6 Å². The van der Waals surface area contributed by atoms with Gasteiger partial charge in [0.25, 0.3) is 0 Å². The molecule has 1 aliphatic carbocycles. The Morgan fingerprint density at radius 3 is 2.37 bits per heavy atom. The van der Waals surface area contributed by atoms with E-state index in [0.29, 0.717) is 0 Å². The molecule has 1 atom stereocenters. The van der Waals surface area contributed by atoms with Crippen molar-refractivity contribution in [1.29, 1.82) is 5.26 Å². The minimum Gasteiger partial charge on any atom is -0.299 e. The quantitative estimate of drug-likeness (QED) is 0.825. The molecule has 3 rings (SSSR count). The van der Waals surface area contributed by atoms with Gasteiger partial charge < -0.3 is 0 Å². The molecule has 1 unspecified atom stereocenters. The second-order valence-corrected chi connectivity index (χ2v) is 5.66. The highest BCUT2D eigenvalue weighted by atomic mass is 15.3. The lowest BCUT2D eigenvalue weighted by Gasteiger charge is -2.35. The minimum atomic E-state index is 0.00803. The molecule has 0 radical (unpaired) electrons. The number of nitriles is 1. The Morgan fingerprint density at radius 2 is 1.79 bits per heavy atom. The van der Waals surface area contributed by atoms with E-state index in [2.05, 4.69) is 28.0 Å². The van der Waals surface area contributed by atoms with E-state index >= 15 is 0 Å². The maximum Gasteiger partial charge on any atom is 0.0839 e. The maximum absolute atomic E-state index is 9.37. The largest absolute Gasteiger partial charge is 0.299 e. The lowest BCUT2D eigenvalue weighted by atomic mass is 10.00. The normalized spacial score (nSPS) is 22.9. The Kier molecular flexibility index (Phi) is 3.82. The molecule has 1 saturated heterocycles. The van der Waals surface area contributed by atoms with Crippen LogP contribution in [0.5, 0.6) is 0 Å². The molecule has 2 fully saturated rings. The van der Waals surface area contributed by atoms with Crippen LogP contribution in [0.2, 0.25) is 0 Å². The van der Waals surface area contributed by atoms with Crippen LogP contribution in [0.1, 0.15) is 24.3 Å². The van der Waals surface area contributed by atoms with Crippen LogP contribution in [0.15, 0.2) is 30.3 Å². The number of benzene rings is 1. The fourth-order valence-corrected chi connectivity index (χ4v) is 2.92. The van der Waals surface area contributed by atoms with Gasteiger partial charge in [-0.25, -0.2) is 0 Å². The van der Waals surface area contributed by atoms with E-state index in [9.17, 15) is 5.26 Å². The van der Waals surface area contributed by atoms with Gasteiger partial charge in [-0.05, 0) is 18.4 Å². The molecule has 1 saturated carbocycles. The number of piperazine rings is 1. The Balaban J connectivity index is 1.54. The molecule has 0 aromatic heterocycles. The van der Waals surface area contributed by atoms with Crippen LogP contribution in [-0.2, 0) is 0 Å². The minimum absolute atomic E-state index is 0.00803. The van der Waals surface area contributed by atoms with Crippen LogP contribution in [0.3, 0.4) is 0 Å². The molecule has 1 aromatic carbocycles. The SMILES string of the molecule is N#CC(CN1CCN(C2CC2)CC1)c1ccccc1. The first kappa shape index (κ1) is 12.7. The first-order valence-corrected chi connectivity index (χ1v) is 7.28. The summed E-state index contributed by atoms with van der Waals surface area (Å²) >= 11 is 0. The van der Waals surface area contributed by atoms with E-state index in [1.54, 1.807) is 0 Å². The van der Waals surface area contributed by atoms with Gasteiger partial charge in [-0.1, -0.05) is 30.3 Å². The van der Waals surface area contributed by atoms with Gasteiger partial charge in [-0.3, -0.25) is 9.80 Å². The van der Waals surface area contributed by atoms with Crippen LogP contribution in [0.25, 0.3) is 0 Å². The van der Waals surface area contributed by atoms with Crippen LogP contribution >= 0.6 is 0 Å². The second-order valence-electron chi connectivity index (χ2n) is 5.66. The van der Waals surface area contributed by atoms with E-state index in [1.807, 2.05) is 18.2 Å². The van der Waals surface area contributed by atoms with Crippen LogP contribution in [0.4, 0.5) is 0 Å². The predicted molar refractivity (Wildman–Crippen MR) is 75.8 cm³/mol. The summed E-state index contributed by atoms with van der Waals surface area (Å²) in [5.74, 6) is 0.00803. The molecule has 0 bridgehead atoms. The van der Waals surface area contributed by atoms with Crippen molar-refractivity contribution >= 4 is 0 Å². The smallest absolute Gasteiger partial charge is 0.0839 e. The lowest BCUT2D eigenvalue weighted by molar-refractivity contribution is 0.125. The van der Waals surface area contributed by atoms with Gasteiger partial charge in [0.15, 0.2) is 0 Å².